The minimum atomic E-state index is -1.61. The molecule has 0 aromatic rings. The molecule has 0 aromatic heterocycles. The average Bonchev–Trinajstić information content (AvgIpc) is 3.15. The Balaban J connectivity index is 2.72. The first kappa shape index (κ1) is 22.8. The molecule has 1 heterocycles. The summed E-state index contributed by atoms with van der Waals surface area (Å²) in [5.74, 6) is -3.95. The van der Waals surface area contributed by atoms with Crippen molar-refractivity contribution in [1.29, 1.82) is 0 Å². The minimum Gasteiger partial charge on any atom is -0.480 e. The topological polar surface area (TPSA) is 197 Å². The van der Waals surface area contributed by atoms with Crippen LogP contribution in [0.3, 0.4) is 0 Å². The van der Waals surface area contributed by atoms with Gasteiger partial charge in [0.25, 0.3) is 0 Å². The van der Waals surface area contributed by atoms with Crippen LogP contribution in [0.15, 0.2) is 0 Å². The van der Waals surface area contributed by atoms with E-state index < -0.39 is 67.2 Å². The lowest BCUT2D eigenvalue weighted by Crippen LogP contribution is -2.60. The van der Waals surface area contributed by atoms with E-state index in [0.717, 1.165) is 6.42 Å². The molecule has 3 amide bonds. The highest BCUT2D eigenvalue weighted by atomic mass is 16.4. The standard InChI is InChI=1S/C15H26N4O8/c1-7(22)11(14(25)18-10(6-21)15(26)27)19-13(24)9(5-20)17-12(23)8-3-2-4-16-8/h7-11,16,20-22H,2-6H2,1H3,(H,17,23)(H,18,25)(H,19,24)(H,26,27). The van der Waals surface area contributed by atoms with Crippen LogP contribution >= 0.6 is 0 Å². The second-order valence-electron chi connectivity index (χ2n) is 6.20. The van der Waals surface area contributed by atoms with E-state index in [4.69, 9.17) is 10.2 Å². The van der Waals surface area contributed by atoms with E-state index in [1.165, 1.54) is 6.92 Å². The zero-order valence-corrected chi connectivity index (χ0v) is 14.8. The van der Waals surface area contributed by atoms with Crippen molar-refractivity contribution < 1.29 is 39.6 Å². The molecule has 1 fully saturated rings. The Labute approximate surface area is 155 Å². The molecule has 0 bridgehead atoms. The fourth-order valence-corrected chi connectivity index (χ4v) is 2.48. The van der Waals surface area contributed by atoms with Gasteiger partial charge in [0.15, 0.2) is 0 Å². The number of carboxylic acids is 1. The van der Waals surface area contributed by atoms with Crippen molar-refractivity contribution in [2.45, 2.75) is 50.0 Å². The molecule has 154 valence electrons. The Bertz CT molecular complexity index is 550. The van der Waals surface area contributed by atoms with Crippen LogP contribution in [-0.4, -0.2) is 94.1 Å². The first-order valence-electron chi connectivity index (χ1n) is 8.48. The van der Waals surface area contributed by atoms with Gasteiger partial charge in [-0.2, -0.15) is 0 Å². The molecule has 27 heavy (non-hydrogen) atoms. The number of hydrogen-bond acceptors (Lipinski definition) is 8. The van der Waals surface area contributed by atoms with Gasteiger partial charge >= 0.3 is 5.97 Å². The Kier molecular flexibility index (Phi) is 9.08. The molecular weight excluding hydrogens is 364 g/mol. The molecule has 5 unspecified atom stereocenters. The van der Waals surface area contributed by atoms with E-state index >= 15 is 0 Å². The van der Waals surface area contributed by atoms with Crippen molar-refractivity contribution in [3.05, 3.63) is 0 Å². The fourth-order valence-electron chi connectivity index (χ4n) is 2.48. The highest BCUT2D eigenvalue weighted by molar-refractivity contribution is 5.94. The maximum absolute atomic E-state index is 12.3. The van der Waals surface area contributed by atoms with Crippen molar-refractivity contribution in [2.75, 3.05) is 19.8 Å². The number of nitrogens with one attached hydrogen (secondary N) is 4. The van der Waals surface area contributed by atoms with Gasteiger partial charge in [-0.3, -0.25) is 14.4 Å². The van der Waals surface area contributed by atoms with Crippen LogP contribution in [0.2, 0.25) is 0 Å². The summed E-state index contributed by atoms with van der Waals surface area (Å²) >= 11 is 0. The third-order valence-electron chi connectivity index (χ3n) is 4.05. The molecular formula is C15H26N4O8. The summed E-state index contributed by atoms with van der Waals surface area (Å²) in [5, 5.41) is 46.3. The molecule has 5 atom stereocenters. The summed E-state index contributed by atoms with van der Waals surface area (Å²) in [7, 11) is 0. The van der Waals surface area contributed by atoms with Gasteiger partial charge in [0.05, 0.1) is 25.4 Å². The molecule has 0 radical (unpaired) electrons. The molecule has 1 rings (SSSR count). The predicted molar refractivity (Wildman–Crippen MR) is 90.3 cm³/mol. The third kappa shape index (κ3) is 6.75. The Morgan fingerprint density at radius 2 is 1.67 bits per heavy atom. The zero-order chi connectivity index (χ0) is 20.6. The van der Waals surface area contributed by atoms with Crippen molar-refractivity contribution in [1.82, 2.24) is 21.3 Å². The van der Waals surface area contributed by atoms with Crippen molar-refractivity contribution >= 4 is 23.7 Å². The summed E-state index contributed by atoms with van der Waals surface area (Å²) in [6.07, 6.45) is -0.0238. The Morgan fingerprint density at radius 1 is 1.04 bits per heavy atom. The second kappa shape index (κ2) is 10.8. The SMILES string of the molecule is CC(O)C(NC(=O)C(CO)NC(=O)C1CCCN1)C(=O)NC(CO)C(=O)O. The lowest BCUT2D eigenvalue weighted by Gasteiger charge is -2.25. The number of aliphatic hydroxyl groups is 3. The average molecular weight is 390 g/mol. The van der Waals surface area contributed by atoms with E-state index in [9.17, 15) is 29.4 Å². The molecule has 0 aliphatic carbocycles. The smallest absolute Gasteiger partial charge is 0.328 e. The van der Waals surface area contributed by atoms with Crippen LogP contribution < -0.4 is 21.3 Å². The van der Waals surface area contributed by atoms with Crippen molar-refractivity contribution in [3.8, 4) is 0 Å². The van der Waals surface area contributed by atoms with Crippen LogP contribution in [0.1, 0.15) is 19.8 Å². The summed E-state index contributed by atoms with van der Waals surface area (Å²) in [5.41, 5.74) is 0. The normalized spacial score (nSPS) is 20.8. The number of rotatable bonds is 10. The first-order chi connectivity index (χ1) is 12.7. The highest BCUT2D eigenvalue weighted by Gasteiger charge is 2.33. The predicted octanol–water partition coefficient (Wildman–Crippen LogP) is -4.36. The number of carbonyl (C=O) groups is 4. The molecule has 1 aliphatic rings. The quantitative estimate of drug-likeness (QED) is 0.182. The van der Waals surface area contributed by atoms with Gasteiger partial charge in [0.1, 0.15) is 18.1 Å². The number of aliphatic hydroxyl groups excluding tert-OH is 3. The van der Waals surface area contributed by atoms with Gasteiger partial charge in [-0.05, 0) is 26.3 Å². The van der Waals surface area contributed by atoms with Gasteiger partial charge in [-0.1, -0.05) is 0 Å². The number of carboxylic acid groups (broad SMARTS) is 1. The van der Waals surface area contributed by atoms with Gasteiger partial charge in [0.2, 0.25) is 17.7 Å². The van der Waals surface area contributed by atoms with Crippen LogP contribution in [-0.2, 0) is 19.2 Å². The minimum absolute atomic E-state index is 0.481. The molecule has 0 saturated carbocycles. The number of carbonyl (C=O) groups excluding carboxylic acids is 3. The van der Waals surface area contributed by atoms with Gasteiger partial charge in [0, 0.05) is 0 Å². The van der Waals surface area contributed by atoms with Crippen LogP contribution in [0.5, 0.6) is 0 Å². The largest absolute Gasteiger partial charge is 0.480 e. The van der Waals surface area contributed by atoms with Crippen molar-refractivity contribution in [3.63, 3.8) is 0 Å². The molecule has 12 nitrogen and oxygen atoms in total. The summed E-state index contributed by atoms with van der Waals surface area (Å²) in [6.45, 7) is 0.222. The van der Waals surface area contributed by atoms with Gasteiger partial charge in [-0.25, -0.2) is 4.79 Å². The van der Waals surface area contributed by atoms with E-state index in [0.29, 0.717) is 13.0 Å². The molecule has 0 spiro atoms. The molecule has 12 heteroatoms. The Morgan fingerprint density at radius 3 is 2.11 bits per heavy atom. The number of aliphatic carboxylic acids is 1. The van der Waals surface area contributed by atoms with E-state index in [1.807, 2.05) is 5.32 Å². The summed E-state index contributed by atoms with van der Waals surface area (Å²) in [6, 6.07) is -5.01. The molecule has 0 aromatic carbocycles. The van der Waals surface area contributed by atoms with Gasteiger partial charge in [-0.15, -0.1) is 0 Å². The van der Waals surface area contributed by atoms with Crippen LogP contribution in [0, 0.1) is 0 Å². The van der Waals surface area contributed by atoms with E-state index in [2.05, 4.69) is 16.0 Å². The number of amides is 3. The van der Waals surface area contributed by atoms with Crippen LogP contribution in [0.4, 0.5) is 0 Å². The molecule has 1 saturated heterocycles. The number of hydrogen-bond donors (Lipinski definition) is 8. The zero-order valence-electron chi connectivity index (χ0n) is 14.8. The Hall–Kier alpha value is -2.28. The molecule has 1 aliphatic heterocycles. The molecule has 8 N–H and O–H groups in total. The lowest BCUT2D eigenvalue weighted by atomic mass is 10.1. The van der Waals surface area contributed by atoms with E-state index in [1.54, 1.807) is 0 Å². The van der Waals surface area contributed by atoms with Crippen molar-refractivity contribution in [2.24, 2.45) is 0 Å². The first-order valence-corrected chi connectivity index (χ1v) is 8.48. The second-order valence-corrected chi connectivity index (χ2v) is 6.20. The summed E-state index contributed by atoms with van der Waals surface area (Å²) < 4.78 is 0. The van der Waals surface area contributed by atoms with Gasteiger partial charge < -0.3 is 41.7 Å². The summed E-state index contributed by atoms with van der Waals surface area (Å²) in [4.78, 5) is 47.3. The fraction of sp³-hybridized carbons (Fsp3) is 0.733. The third-order valence-corrected chi connectivity index (χ3v) is 4.05. The van der Waals surface area contributed by atoms with E-state index in [-0.39, 0.29) is 0 Å². The highest BCUT2D eigenvalue weighted by Crippen LogP contribution is 2.05. The lowest BCUT2D eigenvalue weighted by molar-refractivity contribution is -0.144. The monoisotopic (exact) mass is 390 g/mol. The maximum Gasteiger partial charge on any atom is 0.328 e. The maximum atomic E-state index is 12.3. The van der Waals surface area contributed by atoms with Crippen LogP contribution in [0.25, 0.3) is 0 Å².